The van der Waals surface area contributed by atoms with E-state index in [1.807, 2.05) is 19.1 Å². The number of anilines is 1. The van der Waals surface area contributed by atoms with Gasteiger partial charge in [-0.25, -0.2) is 4.98 Å². The minimum absolute atomic E-state index is 0.150. The van der Waals surface area contributed by atoms with Gasteiger partial charge in [-0.2, -0.15) is 0 Å². The van der Waals surface area contributed by atoms with Crippen molar-refractivity contribution in [3.05, 3.63) is 41.7 Å². The van der Waals surface area contributed by atoms with Crippen LogP contribution < -0.4 is 5.32 Å². The second-order valence-electron chi connectivity index (χ2n) is 7.06. The summed E-state index contributed by atoms with van der Waals surface area (Å²) in [5.41, 5.74) is 0. The molecule has 3 aromatic rings. The summed E-state index contributed by atoms with van der Waals surface area (Å²) in [5, 5.41) is 12.5. The number of furan rings is 1. The van der Waals surface area contributed by atoms with Gasteiger partial charge in [0, 0.05) is 12.2 Å². The van der Waals surface area contributed by atoms with Crippen LogP contribution in [0.4, 0.5) is 5.82 Å². The van der Waals surface area contributed by atoms with E-state index in [4.69, 9.17) is 16.0 Å². The summed E-state index contributed by atoms with van der Waals surface area (Å²) >= 11 is 7.24. The molecule has 29 heavy (non-hydrogen) atoms. The zero-order valence-electron chi connectivity index (χ0n) is 16.0. The Morgan fingerprint density at radius 2 is 2.10 bits per heavy atom. The monoisotopic (exact) mass is 431 g/mol. The van der Waals surface area contributed by atoms with E-state index in [0.717, 1.165) is 23.8 Å². The number of hydrogen-bond donors (Lipinski definition) is 1. The van der Waals surface area contributed by atoms with E-state index < -0.39 is 0 Å². The van der Waals surface area contributed by atoms with Crippen molar-refractivity contribution in [3.63, 3.8) is 0 Å². The Hall–Kier alpha value is -2.32. The molecule has 1 aliphatic carbocycles. The molecule has 0 bridgehead atoms. The highest BCUT2D eigenvalue weighted by Gasteiger charge is 2.27. The first-order valence-electron chi connectivity index (χ1n) is 9.69. The predicted octanol–water partition coefficient (Wildman–Crippen LogP) is 5.21. The summed E-state index contributed by atoms with van der Waals surface area (Å²) in [6.45, 7) is 1.85. The molecule has 1 unspecified atom stereocenters. The fraction of sp³-hybridized carbons (Fsp3) is 0.400. The average molecular weight is 432 g/mol. The molecule has 0 aliphatic heterocycles. The quantitative estimate of drug-likeness (QED) is 0.539. The summed E-state index contributed by atoms with van der Waals surface area (Å²) in [6, 6.07) is 7.42. The van der Waals surface area contributed by atoms with Crippen LogP contribution in [0.15, 0.2) is 46.3 Å². The van der Waals surface area contributed by atoms with E-state index in [1.54, 1.807) is 18.4 Å². The van der Waals surface area contributed by atoms with Gasteiger partial charge in [0.15, 0.2) is 10.9 Å². The highest BCUT2D eigenvalue weighted by Crippen LogP contribution is 2.36. The molecule has 0 radical (unpaired) electrons. The van der Waals surface area contributed by atoms with E-state index in [2.05, 4.69) is 25.1 Å². The van der Waals surface area contributed by atoms with Crippen molar-refractivity contribution in [1.29, 1.82) is 0 Å². The molecular weight excluding hydrogens is 410 g/mol. The number of thioether (sulfide) groups is 1. The molecule has 9 heteroatoms. The molecule has 4 rings (SSSR count). The molecule has 1 saturated carbocycles. The summed E-state index contributed by atoms with van der Waals surface area (Å²) in [7, 11) is 0. The molecule has 0 aromatic carbocycles. The number of aromatic nitrogens is 4. The van der Waals surface area contributed by atoms with Gasteiger partial charge in [0.05, 0.1) is 16.5 Å². The van der Waals surface area contributed by atoms with Crippen LogP contribution in [-0.2, 0) is 4.79 Å². The van der Waals surface area contributed by atoms with Crippen LogP contribution in [0.25, 0.3) is 11.6 Å². The van der Waals surface area contributed by atoms with Crippen molar-refractivity contribution in [2.24, 2.45) is 0 Å². The number of nitrogens with one attached hydrogen (secondary N) is 1. The summed E-state index contributed by atoms with van der Waals surface area (Å²) < 4.78 is 7.72. The molecule has 7 nitrogen and oxygen atoms in total. The van der Waals surface area contributed by atoms with Gasteiger partial charge in [0.2, 0.25) is 11.7 Å². The van der Waals surface area contributed by atoms with Gasteiger partial charge in [-0.1, -0.05) is 42.6 Å². The van der Waals surface area contributed by atoms with Crippen LogP contribution in [0, 0.1) is 0 Å². The van der Waals surface area contributed by atoms with Crippen molar-refractivity contribution in [1.82, 2.24) is 19.7 Å². The van der Waals surface area contributed by atoms with Crippen LogP contribution in [0.1, 0.15) is 45.1 Å². The topological polar surface area (TPSA) is 85.8 Å². The minimum Gasteiger partial charge on any atom is -0.461 e. The first-order chi connectivity index (χ1) is 14.1. The Morgan fingerprint density at radius 1 is 1.28 bits per heavy atom. The molecule has 3 aromatic heterocycles. The van der Waals surface area contributed by atoms with Gasteiger partial charge >= 0.3 is 0 Å². The number of carbonyl (C=O) groups is 1. The standard InChI is InChI=1S/C20H22ClN5O2S/c1-13(19(27)23-17-10-9-14(21)12-22-17)29-20-25-24-18(16-8-5-11-28-16)26(20)15-6-3-2-4-7-15/h5,8-13,15H,2-4,6-7H2,1H3,(H,22,23,27). The highest BCUT2D eigenvalue weighted by molar-refractivity contribution is 8.00. The normalized spacial score (nSPS) is 15.9. The van der Waals surface area contributed by atoms with Crippen molar-refractivity contribution in [3.8, 4) is 11.6 Å². The van der Waals surface area contributed by atoms with Crippen molar-refractivity contribution >= 4 is 35.1 Å². The average Bonchev–Trinajstić information content (AvgIpc) is 3.40. The SMILES string of the molecule is CC(Sc1nnc(-c2ccco2)n1C1CCCCC1)C(=O)Nc1ccc(Cl)cn1. The smallest absolute Gasteiger partial charge is 0.238 e. The van der Waals surface area contributed by atoms with Crippen LogP contribution in [-0.4, -0.2) is 30.9 Å². The first-order valence-corrected chi connectivity index (χ1v) is 11.0. The van der Waals surface area contributed by atoms with Crippen LogP contribution in [0.3, 0.4) is 0 Å². The fourth-order valence-electron chi connectivity index (χ4n) is 3.49. The van der Waals surface area contributed by atoms with Gasteiger partial charge < -0.3 is 9.73 Å². The number of carbonyl (C=O) groups excluding carboxylic acids is 1. The molecule has 0 spiro atoms. The molecule has 0 saturated heterocycles. The maximum absolute atomic E-state index is 12.6. The van der Waals surface area contributed by atoms with E-state index in [0.29, 0.717) is 22.6 Å². The lowest BCUT2D eigenvalue weighted by Gasteiger charge is -2.25. The summed E-state index contributed by atoms with van der Waals surface area (Å²) in [5.74, 6) is 1.73. The lowest BCUT2D eigenvalue weighted by molar-refractivity contribution is -0.115. The second-order valence-corrected chi connectivity index (χ2v) is 8.80. The number of rotatable bonds is 6. The fourth-order valence-corrected chi connectivity index (χ4v) is 4.52. The zero-order chi connectivity index (χ0) is 20.2. The molecule has 1 atom stereocenters. The predicted molar refractivity (Wildman–Crippen MR) is 113 cm³/mol. The van der Waals surface area contributed by atoms with E-state index in [-0.39, 0.29) is 11.2 Å². The Kier molecular flexibility index (Phi) is 6.20. The van der Waals surface area contributed by atoms with E-state index >= 15 is 0 Å². The summed E-state index contributed by atoms with van der Waals surface area (Å²) in [6.07, 6.45) is 8.92. The highest BCUT2D eigenvalue weighted by atomic mass is 35.5. The molecule has 1 N–H and O–H groups in total. The number of hydrogen-bond acceptors (Lipinski definition) is 6. The van der Waals surface area contributed by atoms with Gasteiger partial charge in [-0.3, -0.25) is 9.36 Å². The van der Waals surface area contributed by atoms with Gasteiger partial charge in [0.1, 0.15) is 5.82 Å². The minimum atomic E-state index is -0.372. The Bertz CT molecular complexity index is 952. The van der Waals surface area contributed by atoms with Crippen molar-refractivity contribution in [2.75, 3.05) is 5.32 Å². The van der Waals surface area contributed by atoms with Gasteiger partial charge in [-0.15, -0.1) is 10.2 Å². The number of amides is 1. The molecule has 1 fully saturated rings. The maximum atomic E-state index is 12.6. The summed E-state index contributed by atoms with van der Waals surface area (Å²) in [4.78, 5) is 16.8. The van der Waals surface area contributed by atoms with Crippen LogP contribution in [0.5, 0.6) is 0 Å². The van der Waals surface area contributed by atoms with Crippen molar-refractivity contribution in [2.45, 2.75) is 55.5 Å². The van der Waals surface area contributed by atoms with Crippen LogP contribution in [0.2, 0.25) is 5.02 Å². The molecule has 1 amide bonds. The van der Waals surface area contributed by atoms with Crippen molar-refractivity contribution < 1.29 is 9.21 Å². The number of pyridine rings is 1. The second kappa shape index (κ2) is 9.00. The number of halogens is 1. The Morgan fingerprint density at radius 3 is 2.79 bits per heavy atom. The van der Waals surface area contributed by atoms with Gasteiger partial charge in [-0.05, 0) is 44.0 Å². The van der Waals surface area contributed by atoms with E-state index in [1.165, 1.54) is 37.2 Å². The largest absolute Gasteiger partial charge is 0.461 e. The van der Waals surface area contributed by atoms with Gasteiger partial charge in [0.25, 0.3) is 0 Å². The maximum Gasteiger partial charge on any atom is 0.238 e. The molecule has 1 aliphatic rings. The third-order valence-corrected chi connectivity index (χ3v) is 6.26. The Balaban J connectivity index is 1.54. The molecule has 152 valence electrons. The van der Waals surface area contributed by atoms with Crippen LogP contribution >= 0.6 is 23.4 Å². The molecule has 3 heterocycles. The third kappa shape index (κ3) is 4.64. The Labute approximate surface area is 178 Å². The number of nitrogens with zero attached hydrogens (tertiary/aromatic N) is 4. The first kappa shape index (κ1) is 20.0. The molecular formula is C20H22ClN5O2S. The lowest BCUT2D eigenvalue weighted by atomic mass is 9.95. The lowest BCUT2D eigenvalue weighted by Crippen LogP contribution is -2.24. The zero-order valence-corrected chi connectivity index (χ0v) is 17.6. The van der Waals surface area contributed by atoms with E-state index in [9.17, 15) is 4.79 Å². The third-order valence-electron chi connectivity index (χ3n) is 4.98.